The van der Waals surface area contributed by atoms with Gasteiger partial charge in [-0.1, -0.05) is 11.6 Å². The largest absolute Gasteiger partial charge is 0.506 e. The Bertz CT molecular complexity index is 277. The molecule has 0 saturated heterocycles. The molecule has 1 rings (SSSR count). The summed E-state index contributed by atoms with van der Waals surface area (Å²) in [4.78, 5) is 0. The Hall–Kier alpha value is -0.480. The summed E-state index contributed by atoms with van der Waals surface area (Å²) in [6, 6.07) is 1.11. The van der Waals surface area contributed by atoms with Gasteiger partial charge in [-0.05, 0) is 22.0 Å². The van der Waals surface area contributed by atoms with E-state index in [-0.39, 0.29) is 4.47 Å². The summed E-state index contributed by atoms with van der Waals surface area (Å²) in [5.41, 5.74) is 0. The standard InChI is InChI=1S/C6H3BrClFO2/c7-2-1-3(10)4(8)5(9)6(2)11/h1,10-11H. The summed E-state index contributed by atoms with van der Waals surface area (Å²) in [7, 11) is 0. The van der Waals surface area contributed by atoms with Crippen molar-refractivity contribution in [2.45, 2.75) is 0 Å². The van der Waals surface area contributed by atoms with E-state index in [1.807, 2.05) is 0 Å². The minimum Gasteiger partial charge on any atom is -0.506 e. The zero-order valence-corrected chi connectivity index (χ0v) is 7.45. The van der Waals surface area contributed by atoms with Crippen LogP contribution in [0.4, 0.5) is 4.39 Å². The Morgan fingerprint density at radius 1 is 1.45 bits per heavy atom. The number of hydrogen-bond acceptors (Lipinski definition) is 2. The molecule has 0 aromatic heterocycles. The van der Waals surface area contributed by atoms with Gasteiger partial charge in [-0.3, -0.25) is 0 Å². The quantitative estimate of drug-likeness (QED) is 0.541. The maximum atomic E-state index is 12.7. The summed E-state index contributed by atoms with van der Waals surface area (Å²) >= 11 is 8.07. The Labute approximate surface area is 75.4 Å². The molecule has 0 amide bonds. The highest BCUT2D eigenvalue weighted by atomic mass is 79.9. The highest BCUT2D eigenvalue weighted by Crippen LogP contribution is 2.37. The zero-order valence-electron chi connectivity index (χ0n) is 5.11. The number of rotatable bonds is 0. The lowest BCUT2D eigenvalue weighted by atomic mass is 10.3. The van der Waals surface area contributed by atoms with Gasteiger partial charge in [0, 0.05) is 0 Å². The van der Waals surface area contributed by atoms with Crippen molar-refractivity contribution in [1.82, 2.24) is 0 Å². The van der Waals surface area contributed by atoms with Gasteiger partial charge in [-0.15, -0.1) is 0 Å². The second-order valence-corrected chi connectivity index (χ2v) is 3.09. The number of phenolic OH excluding ortho intramolecular Hbond substituents is 2. The maximum Gasteiger partial charge on any atom is 0.188 e. The first-order chi connectivity index (χ1) is 5.04. The van der Waals surface area contributed by atoms with E-state index in [1.165, 1.54) is 0 Å². The predicted molar refractivity (Wildman–Crippen MR) is 42.4 cm³/mol. The first kappa shape index (κ1) is 8.62. The molecule has 0 atom stereocenters. The second kappa shape index (κ2) is 2.87. The third-order valence-electron chi connectivity index (χ3n) is 1.12. The van der Waals surface area contributed by atoms with Gasteiger partial charge in [0.1, 0.15) is 10.8 Å². The van der Waals surface area contributed by atoms with Crippen LogP contribution < -0.4 is 0 Å². The van der Waals surface area contributed by atoms with Crippen molar-refractivity contribution in [1.29, 1.82) is 0 Å². The van der Waals surface area contributed by atoms with Crippen molar-refractivity contribution in [3.05, 3.63) is 21.4 Å². The van der Waals surface area contributed by atoms with Gasteiger partial charge in [0.05, 0.1) is 4.47 Å². The molecule has 11 heavy (non-hydrogen) atoms. The number of phenols is 2. The van der Waals surface area contributed by atoms with E-state index in [2.05, 4.69) is 15.9 Å². The van der Waals surface area contributed by atoms with Crippen molar-refractivity contribution in [3.8, 4) is 11.5 Å². The van der Waals surface area contributed by atoms with E-state index in [0.29, 0.717) is 0 Å². The molecule has 0 heterocycles. The molecule has 0 fully saturated rings. The van der Waals surface area contributed by atoms with Crippen LogP contribution in [0.2, 0.25) is 5.02 Å². The zero-order chi connectivity index (χ0) is 8.59. The first-order valence-electron chi connectivity index (χ1n) is 2.59. The number of hydrogen-bond donors (Lipinski definition) is 2. The topological polar surface area (TPSA) is 40.5 Å². The molecule has 2 nitrogen and oxygen atoms in total. The van der Waals surface area contributed by atoms with Crippen molar-refractivity contribution in [2.24, 2.45) is 0 Å². The summed E-state index contributed by atoms with van der Waals surface area (Å²) in [5, 5.41) is 17.3. The van der Waals surface area contributed by atoms with E-state index in [1.54, 1.807) is 0 Å². The van der Waals surface area contributed by atoms with Crippen LogP contribution in [0.5, 0.6) is 11.5 Å². The number of benzene rings is 1. The van der Waals surface area contributed by atoms with Crippen molar-refractivity contribution in [3.63, 3.8) is 0 Å². The molecule has 0 unspecified atom stereocenters. The van der Waals surface area contributed by atoms with E-state index in [4.69, 9.17) is 21.8 Å². The van der Waals surface area contributed by atoms with Crippen molar-refractivity contribution < 1.29 is 14.6 Å². The molecule has 5 heteroatoms. The molecule has 1 aromatic carbocycles. The predicted octanol–water partition coefficient (Wildman–Crippen LogP) is 2.65. The Balaban J connectivity index is 3.46. The Kier molecular flexibility index (Phi) is 2.25. The van der Waals surface area contributed by atoms with E-state index in [9.17, 15) is 4.39 Å². The van der Waals surface area contributed by atoms with Crippen LogP contribution >= 0.6 is 27.5 Å². The molecule has 0 aliphatic heterocycles. The number of halogens is 3. The fourth-order valence-electron chi connectivity index (χ4n) is 0.573. The summed E-state index contributed by atoms with van der Waals surface area (Å²) in [6.45, 7) is 0. The molecule has 0 radical (unpaired) electrons. The molecule has 0 aliphatic rings. The fourth-order valence-corrected chi connectivity index (χ4v) is 1.11. The maximum absolute atomic E-state index is 12.7. The molecular formula is C6H3BrClFO2. The average Bonchev–Trinajstić information content (AvgIpc) is 1.97. The SMILES string of the molecule is Oc1cc(Br)c(O)c(F)c1Cl. The van der Waals surface area contributed by atoms with E-state index < -0.39 is 22.3 Å². The summed E-state index contributed by atoms with van der Waals surface area (Å²) < 4.78 is 12.7. The molecule has 0 aliphatic carbocycles. The van der Waals surface area contributed by atoms with Crippen LogP contribution in [0.1, 0.15) is 0 Å². The lowest BCUT2D eigenvalue weighted by Gasteiger charge is -2.02. The smallest absolute Gasteiger partial charge is 0.188 e. The van der Waals surface area contributed by atoms with Crippen LogP contribution in [0, 0.1) is 5.82 Å². The average molecular weight is 241 g/mol. The first-order valence-corrected chi connectivity index (χ1v) is 3.76. The third-order valence-corrected chi connectivity index (χ3v) is 2.08. The van der Waals surface area contributed by atoms with Crippen LogP contribution in [0.3, 0.4) is 0 Å². The normalized spacial score (nSPS) is 10.1. The molecule has 2 N–H and O–H groups in total. The minimum atomic E-state index is -1.03. The van der Waals surface area contributed by atoms with E-state index in [0.717, 1.165) is 6.07 Å². The van der Waals surface area contributed by atoms with E-state index >= 15 is 0 Å². The lowest BCUT2D eigenvalue weighted by molar-refractivity contribution is 0.418. The van der Waals surface area contributed by atoms with Gasteiger partial charge in [-0.25, -0.2) is 4.39 Å². The van der Waals surface area contributed by atoms with Gasteiger partial charge >= 0.3 is 0 Å². The van der Waals surface area contributed by atoms with Crippen molar-refractivity contribution in [2.75, 3.05) is 0 Å². The molecular weight excluding hydrogens is 238 g/mol. The number of aromatic hydroxyl groups is 2. The molecule has 60 valence electrons. The third kappa shape index (κ3) is 1.41. The van der Waals surface area contributed by atoms with Crippen LogP contribution in [0.25, 0.3) is 0 Å². The summed E-state index contributed by atoms with van der Waals surface area (Å²) in [5.74, 6) is -2.04. The minimum absolute atomic E-state index is 0.0666. The molecule has 0 bridgehead atoms. The molecule has 1 aromatic rings. The van der Waals surface area contributed by atoms with Gasteiger partial charge in [0.25, 0.3) is 0 Å². The van der Waals surface area contributed by atoms with Crippen LogP contribution in [0.15, 0.2) is 10.5 Å². The second-order valence-electron chi connectivity index (χ2n) is 1.85. The Morgan fingerprint density at radius 2 is 2.00 bits per heavy atom. The van der Waals surface area contributed by atoms with Crippen LogP contribution in [-0.2, 0) is 0 Å². The van der Waals surface area contributed by atoms with Gasteiger partial charge in [0.15, 0.2) is 11.6 Å². The summed E-state index contributed by atoms with van der Waals surface area (Å²) in [6.07, 6.45) is 0. The van der Waals surface area contributed by atoms with Crippen LogP contribution in [-0.4, -0.2) is 10.2 Å². The highest BCUT2D eigenvalue weighted by molar-refractivity contribution is 9.10. The monoisotopic (exact) mass is 240 g/mol. The highest BCUT2D eigenvalue weighted by Gasteiger charge is 2.13. The Morgan fingerprint density at radius 3 is 2.55 bits per heavy atom. The van der Waals surface area contributed by atoms with Gasteiger partial charge in [-0.2, -0.15) is 0 Å². The van der Waals surface area contributed by atoms with Gasteiger partial charge < -0.3 is 10.2 Å². The molecule has 0 saturated carbocycles. The molecule has 0 spiro atoms. The van der Waals surface area contributed by atoms with Crippen molar-refractivity contribution >= 4 is 27.5 Å². The lowest BCUT2D eigenvalue weighted by Crippen LogP contribution is -1.80. The van der Waals surface area contributed by atoms with Gasteiger partial charge in [0.2, 0.25) is 0 Å². The fraction of sp³-hybridized carbons (Fsp3) is 0.